The van der Waals surface area contributed by atoms with E-state index < -0.39 is 6.04 Å². The smallest absolute Gasteiger partial charge is 0.296 e. The molecule has 1 aliphatic heterocycles. The summed E-state index contributed by atoms with van der Waals surface area (Å²) in [5.74, 6) is 0.865. The van der Waals surface area contributed by atoms with Gasteiger partial charge >= 0.3 is 0 Å². The van der Waals surface area contributed by atoms with Crippen LogP contribution in [0, 0.1) is 6.92 Å². The molecule has 0 aliphatic carbocycles. The van der Waals surface area contributed by atoms with Crippen molar-refractivity contribution in [2.75, 3.05) is 11.5 Å². The number of aromatic nitrogens is 1. The zero-order chi connectivity index (χ0) is 21.5. The van der Waals surface area contributed by atoms with Crippen LogP contribution in [0.25, 0.3) is 11.0 Å². The van der Waals surface area contributed by atoms with Crippen molar-refractivity contribution in [2.45, 2.75) is 19.9 Å². The lowest BCUT2D eigenvalue weighted by molar-refractivity contribution is 0.0970. The summed E-state index contributed by atoms with van der Waals surface area (Å²) in [4.78, 5) is 32.9. The average Bonchev–Trinajstić information content (AvgIpc) is 3.08. The first-order valence-electron chi connectivity index (χ1n) is 10.1. The van der Waals surface area contributed by atoms with Crippen molar-refractivity contribution in [1.29, 1.82) is 0 Å². The van der Waals surface area contributed by atoms with Crippen molar-refractivity contribution < 1.29 is 13.9 Å². The summed E-state index contributed by atoms with van der Waals surface area (Å²) in [6, 6.07) is 17.4. The number of pyridine rings is 1. The van der Waals surface area contributed by atoms with Gasteiger partial charge in [-0.3, -0.25) is 14.5 Å². The monoisotopic (exact) mass is 412 g/mol. The third-order valence-corrected chi connectivity index (χ3v) is 5.43. The molecule has 1 amide bonds. The lowest BCUT2D eigenvalue weighted by Crippen LogP contribution is -2.30. The summed E-state index contributed by atoms with van der Waals surface area (Å²) in [6.07, 6.45) is 1.70. The first kappa shape index (κ1) is 19.1. The number of hydrogen-bond acceptors (Lipinski definition) is 5. The second-order valence-corrected chi connectivity index (χ2v) is 7.44. The number of amides is 1. The van der Waals surface area contributed by atoms with Crippen LogP contribution in [-0.2, 0) is 0 Å². The van der Waals surface area contributed by atoms with E-state index in [0.29, 0.717) is 29.0 Å². The van der Waals surface area contributed by atoms with Crippen molar-refractivity contribution in [3.63, 3.8) is 0 Å². The molecule has 3 heterocycles. The Bertz CT molecular complexity index is 1340. The molecule has 4 aromatic rings. The number of carbonyl (C=O) groups is 1. The number of hydrogen-bond donors (Lipinski definition) is 0. The van der Waals surface area contributed by atoms with Gasteiger partial charge in [-0.15, -0.1) is 0 Å². The van der Waals surface area contributed by atoms with Gasteiger partial charge in [0.05, 0.1) is 23.6 Å². The molecule has 2 aromatic carbocycles. The topological polar surface area (TPSA) is 72.6 Å². The highest BCUT2D eigenvalue weighted by molar-refractivity contribution is 6.10. The van der Waals surface area contributed by atoms with Gasteiger partial charge in [0.2, 0.25) is 5.76 Å². The summed E-state index contributed by atoms with van der Waals surface area (Å²) in [7, 11) is 0. The third-order valence-electron chi connectivity index (χ3n) is 5.43. The van der Waals surface area contributed by atoms with E-state index in [1.165, 1.54) is 4.90 Å². The van der Waals surface area contributed by atoms with Crippen molar-refractivity contribution in [2.24, 2.45) is 0 Å². The number of rotatable bonds is 4. The molecule has 154 valence electrons. The third kappa shape index (κ3) is 3.08. The second kappa shape index (κ2) is 7.40. The van der Waals surface area contributed by atoms with Gasteiger partial charge in [0.1, 0.15) is 17.2 Å². The molecule has 2 aromatic heterocycles. The van der Waals surface area contributed by atoms with Gasteiger partial charge in [-0.1, -0.05) is 30.3 Å². The zero-order valence-corrected chi connectivity index (χ0v) is 17.2. The Morgan fingerprint density at radius 3 is 2.52 bits per heavy atom. The van der Waals surface area contributed by atoms with Crippen molar-refractivity contribution in [3.05, 3.63) is 99.5 Å². The number of ether oxygens (including phenoxy) is 1. The molecule has 6 nitrogen and oxygen atoms in total. The van der Waals surface area contributed by atoms with Crippen LogP contribution in [0.15, 0.2) is 76.1 Å². The Hall–Kier alpha value is -3.93. The Morgan fingerprint density at radius 1 is 1.03 bits per heavy atom. The van der Waals surface area contributed by atoms with E-state index in [9.17, 15) is 9.59 Å². The molecule has 0 N–H and O–H groups in total. The standard InChI is InChI=1S/C25H20N2O4/c1-3-30-17-11-9-16(10-12-17)22-21-23(28)18-6-4-5-7-19(18)31-24(21)25(29)27(22)20-13-8-15(2)14-26-20/h4-14,22H,3H2,1-2H3/t22-/m0/s1. The number of anilines is 1. The predicted octanol–water partition coefficient (Wildman–Crippen LogP) is 4.64. The summed E-state index contributed by atoms with van der Waals surface area (Å²) in [5, 5.41) is 0.448. The molecule has 0 saturated carbocycles. The van der Waals surface area contributed by atoms with Crippen LogP contribution >= 0.6 is 0 Å². The first-order valence-corrected chi connectivity index (χ1v) is 10.1. The molecule has 0 spiro atoms. The number of nitrogens with zero attached hydrogens (tertiary/aromatic N) is 2. The molecule has 0 bridgehead atoms. The number of fused-ring (bicyclic) bond motifs is 2. The van der Waals surface area contributed by atoms with Crippen LogP contribution in [0.1, 0.15) is 40.2 Å². The van der Waals surface area contributed by atoms with Crippen LogP contribution in [0.3, 0.4) is 0 Å². The first-order chi connectivity index (χ1) is 15.1. The molecule has 1 atom stereocenters. The minimum Gasteiger partial charge on any atom is -0.494 e. The van der Waals surface area contributed by atoms with Gasteiger partial charge in [0, 0.05) is 6.20 Å². The SMILES string of the molecule is CCOc1ccc([C@H]2c3c(oc4ccccc4c3=O)C(=O)N2c2ccc(C)cn2)cc1. The summed E-state index contributed by atoms with van der Waals surface area (Å²) in [5.41, 5.74) is 2.27. The van der Waals surface area contributed by atoms with E-state index in [1.807, 2.05) is 44.2 Å². The highest BCUT2D eigenvalue weighted by atomic mass is 16.5. The molecular weight excluding hydrogens is 392 g/mol. The van der Waals surface area contributed by atoms with Gasteiger partial charge < -0.3 is 9.15 Å². The van der Waals surface area contributed by atoms with Crippen LogP contribution < -0.4 is 15.1 Å². The molecule has 0 saturated heterocycles. The number of benzene rings is 2. The minimum absolute atomic E-state index is 0.0601. The highest BCUT2D eigenvalue weighted by Crippen LogP contribution is 2.40. The molecule has 5 rings (SSSR count). The Balaban J connectivity index is 1.75. The molecule has 0 fully saturated rings. The van der Waals surface area contributed by atoms with E-state index in [1.54, 1.807) is 36.5 Å². The maximum Gasteiger partial charge on any atom is 0.296 e. The fourth-order valence-electron chi connectivity index (χ4n) is 3.99. The van der Waals surface area contributed by atoms with E-state index in [4.69, 9.17) is 9.15 Å². The van der Waals surface area contributed by atoms with Crippen LogP contribution in [-0.4, -0.2) is 17.5 Å². The maximum atomic E-state index is 13.5. The van der Waals surface area contributed by atoms with Crippen molar-refractivity contribution in [1.82, 2.24) is 4.98 Å². The van der Waals surface area contributed by atoms with Crippen molar-refractivity contribution in [3.8, 4) is 5.75 Å². The molecule has 0 radical (unpaired) electrons. The van der Waals surface area contributed by atoms with Gasteiger partial charge in [0.15, 0.2) is 5.43 Å². The van der Waals surface area contributed by atoms with Gasteiger partial charge in [0.25, 0.3) is 5.91 Å². The largest absolute Gasteiger partial charge is 0.494 e. The second-order valence-electron chi connectivity index (χ2n) is 7.44. The van der Waals surface area contributed by atoms with Crippen LogP contribution in [0.5, 0.6) is 5.75 Å². The predicted molar refractivity (Wildman–Crippen MR) is 118 cm³/mol. The minimum atomic E-state index is -0.644. The Morgan fingerprint density at radius 2 is 1.81 bits per heavy atom. The molecule has 31 heavy (non-hydrogen) atoms. The highest BCUT2D eigenvalue weighted by Gasteiger charge is 2.44. The number of para-hydroxylation sites is 1. The average molecular weight is 412 g/mol. The van der Waals surface area contributed by atoms with E-state index >= 15 is 0 Å². The normalized spacial score (nSPS) is 15.4. The molecular formula is C25H20N2O4. The van der Waals surface area contributed by atoms with Gasteiger partial charge in [-0.05, 0) is 55.3 Å². The Labute approximate surface area is 178 Å². The van der Waals surface area contributed by atoms with Gasteiger partial charge in [-0.25, -0.2) is 4.98 Å². The molecule has 6 heteroatoms. The summed E-state index contributed by atoms with van der Waals surface area (Å²) in [6.45, 7) is 4.40. The fourth-order valence-corrected chi connectivity index (χ4v) is 3.99. The van der Waals surface area contributed by atoms with Crippen LogP contribution in [0.2, 0.25) is 0 Å². The maximum absolute atomic E-state index is 13.5. The zero-order valence-electron chi connectivity index (χ0n) is 17.2. The van der Waals surface area contributed by atoms with Gasteiger partial charge in [-0.2, -0.15) is 0 Å². The van der Waals surface area contributed by atoms with E-state index in [2.05, 4.69) is 4.98 Å². The number of carbonyl (C=O) groups excluding carboxylic acids is 1. The van der Waals surface area contributed by atoms with E-state index in [0.717, 1.165) is 16.9 Å². The summed E-state index contributed by atoms with van der Waals surface area (Å²) < 4.78 is 11.5. The molecule has 0 unspecified atom stereocenters. The number of aryl methyl sites for hydroxylation is 1. The summed E-state index contributed by atoms with van der Waals surface area (Å²) >= 11 is 0. The lowest BCUT2D eigenvalue weighted by atomic mass is 9.98. The van der Waals surface area contributed by atoms with Crippen molar-refractivity contribution >= 4 is 22.7 Å². The fraction of sp³-hybridized carbons (Fsp3) is 0.160. The van der Waals surface area contributed by atoms with E-state index in [-0.39, 0.29) is 17.1 Å². The Kier molecular flexibility index (Phi) is 4.55. The lowest BCUT2D eigenvalue weighted by Gasteiger charge is -2.24. The quantitative estimate of drug-likeness (QED) is 0.488. The molecule has 1 aliphatic rings. The van der Waals surface area contributed by atoms with Crippen LogP contribution in [0.4, 0.5) is 5.82 Å².